The van der Waals surface area contributed by atoms with Crippen LogP contribution in [0.3, 0.4) is 0 Å². The van der Waals surface area contributed by atoms with Gasteiger partial charge in [0.2, 0.25) is 5.91 Å². The van der Waals surface area contributed by atoms with E-state index in [-0.39, 0.29) is 41.8 Å². The van der Waals surface area contributed by atoms with Crippen LogP contribution >= 0.6 is 12.4 Å². The van der Waals surface area contributed by atoms with Gasteiger partial charge in [0.25, 0.3) is 5.91 Å². The molecule has 3 fully saturated rings. The summed E-state index contributed by atoms with van der Waals surface area (Å²) in [5.74, 6) is 0.579. The largest absolute Gasteiger partial charge is 0.372 e. The van der Waals surface area contributed by atoms with E-state index >= 15 is 0 Å². The number of halogens is 1. The average Bonchev–Trinajstić information content (AvgIpc) is 3.13. The molecular formula is C22H32ClN3O3. The van der Waals surface area contributed by atoms with Gasteiger partial charge in [0.15, 0.2) is 0 Å². The van der Waals surface area contributed by atoms with E-state index in [0.717, 1.165) is 38.0 Å². The van der Waals surface area contributed by atoms with Crippen LogP contribution in [0.25, 0.3) is 0 Å². The molecule has 1 aromatic carbocycles. The van der Waals surface area contributed by atoms with E-state index in [1.165, 1.54) is 6.42 Å². The minimum Gasteiger partial charge on any atom is -0.372 e. The fourth-order valence-electron chi connectivity index (χ4n) is 5.17. The Bertz CT molecular complexity index is 731. The zero-order chi connectivity index (χ0) is 19.7. The molecule has 3 aliphatic rings. The summed E-state index contributed by atoms with van der Waals surface area (Å²) in [5, 5.41) is 6.53. The summed E-state index contributed by atoms with van der Waals surface area (Å²) in [6, 6.07) is 7.31. The Morgan fingerprint density at radius 2 is 1.83 bits per heavy atom. The molecule has 0 bridgehead atoms. The molecule has 0 aromatic heterocycles. The van der Waals surface area contributed by atoms with Crippen molar-refractivity contribution >= 4 is 29.9 Å². The number of ether oxygens (including phenoxy) is 1. The lowest BCUT2D eigenvalue weighted by Crippen LogP contribution is -2.48. The standard InChI is InChI=1S/C22H31N3O3.ClH/c1-15-12-25(13-16(2)28-15)20(26)17-6-8-19(9-7-17)24-21(27)22-10-4-3-5-18(22)11-23-14-22;/h6-9,15-16,18,23H,3-5,10-14H2,1-2H3,(H,24,27);1H/t15?,16?,18-,22+;/m0./s1. The van der Waals surface area contributed by atoms with Crippen molar-refractivity contribution in [3.05, 3.63) is 29.8 Å². The highest BCUT2D eigenvalue weighted by atomic mass is 35.5. The molecule has 160 valence electrons. The van der Waals surface area contributed by atoms with Crippen molar-refractivity contribution in [1.29, 1.82) is 0 Å². The summed E-state index contributed by atoms with van der Waals surface area (Å²) in [4.78, 5) is 27.7. The average molecular weight is 422 g/mol. The van der Waals surface area contributed by atoms with Crippen LogP contribution in [0.4, 0.5) is 5.69 Å². The Morgan fingerprint density at radius 1 is 1.14 bits per heavy atom. The third-order valence-electron chi connectivity index (χ3n) is 6.59. The molecule has 0 spiro atoms. The maximum absolute atomic E-state index is 13.1. The molecule has 4 rings (SSSR count). The molecule has 4 atom stereocenters. The third-order valence-corrected chi connectivity index (χ3v) is 6.59. The monoisotopic (exact) mass is 421 g/mol. The lowest BCUT2D eigenvalue weighted by molar-refractivity contribution is -0.128. The Morgan fingerprint density at radius 3 is 2.52 bits per heavy atom. The van der Waals surface area contributed by atoms with Crippen molar-refractivity contribution in [2.75, 3.05) is 31.5 Å². The fraction of sp³-hybridized carbons (Fsp3) is 0.636. The van der Waals surface area contributed by atoms with Crippen molar-refractivity contribution in [2.45, 2.75) is 51.7 Å². The number of nitrogens with one attached hydrogen (secondary N) is 2. The summed E-state index contributed by atoms with van der Waals surface area (Å²) in [5.41, 5.74) is 1.14. The Balaban J connectivity index is 0.00000240. The first-order chi connectivity index (χ1) is 13.5. The van der Waals surface area contributed by atoms with E-state index in [4.69, 9.17) is 4.74 Å². The first-order valence-corrected chi connectivity index (χ1v) is 10.5. The van der Waals surface area contributed by atoms with E-state index in [9.17, 15) is 9.59 Å². The van der Waals surface area contributed by atoms with Gasteiger partial charge >= 0.3 is 0 Å². The zero-order valence-corrected chi connectivity index (χ0v) is 18.1. The molecule has 1 aliphatic carbocycles. The molecular weight excluding hydrogens is 390 g/mol. The third kappa shape index (κ3) is 4.44. The molecule has 6 nitrogen and oxygen atoms in total. The molecule has 2 saturated heterocycles. The number of fused-ring (bicyclic) bond motifs is 1. The van der Waals surface area contributed by atoms with Crippen molar-refractivity contribution in [3.8, 4) is 0 Å². The minimum atomic E-state index is -0.271. The first kappa shape index (κ1) is 22.1. The van der Waals surface area contributed by atoms with Gasteiger partial charge in [-0.25, -0.2) is 0 Å². The molecule has 1 saturated carbocycles. The van der Waals surface area contributed by atoms with Crippen LogP contribution in [0.5, 0.6) is 0 Å². The highest BCUT2D eigenvalue weighted by molar-refractivity contribution is 5.98. The summed E-state index contributed by atoms with van der Waals surface area (Å²) in [6.45, 7) is 6.91. The van der Waals surface area contributed by atoms with Gasteiger partial charge in [-0.1, -0.05) is 12.8 Å². The molecule has 2 aliphatic heterocycles. The van der Waals surface area contributed by atoms with E-state index in [1.807, 2.05) is 43.0 Å². The van der Waals surface area contributed by atoms with Gasteiger partial charge in [-0.05, 0) is 63.4 Å². The maximum Gasteiger partial charge on any atom is 0.254 e. The highest BCUT2D eigenvalue weighted by Gasteiger charge is 2.49. The molecule has 2 amide bonds. The van der Waals surface area contributed by atoms with Crippen LogP contribution in [0, 0.1) is 11.3 Å². The van der Waals surface area contributed by atoms with Gasteiger partial charge in [0.05, 0.1) is 17.6 Å². The van der Waals surface area contributed by atoms with Crippen LogP contribution in [-0.2, 0) is 9.53 Å². The smallest absolute Gasteiger partial charge is 0.254 e. The SMILES string of the molecule is CC1CN(C(=O)c2ccc(NC(=O)[C@@]34CCCC[C@H]3CNC4)cc2)CC(C)O1.Cl. The Labute approximate surface area is 179 Å². The molecule has 7 heteroatoms. The minimum absolute atomic E-state index is 0. The van der Waals surface area contributed by atoms with Crippen molar-refractivity contribution in [1.82, 2.24) is 10.2 Å². The summed E-state index contributed by atoms with van der Waals surface area (Å²) in [6.07, 6.45) is 4.53. The van der Waals surface area contributed by atoms with Gasteiger partial charge in [-0.15, -0.1) is 12.4 Å². The van der Waals surface area contributed by atoms with Crippen LogP contribution in [0.2, 0.25) is 0 Å². The lowest BCUT2D eigenvalue weighted by atomic mass is 9.67. The van der Waals surface area contributed by atoms with E-state index < -0.39 is 0 Å². The second kappa shape index (κ2) is 9.02. The number of hydrogen-bond acceptors (Lipinski definition) is 4. The number of carbonyl (C=O) groups is 2. The Hall–Kier alpha value is -1.63. The van der Waals surface area contributed by atoms with Crippen LogP contribution in [-0.4, -0.2) is 55.1 Å². The number of nitrogens with zero attached hydrogens (tertiary/aromatic N) is 1. The van der Waals surface area contributed by atoms with Gasteiger partial charge < -0.3 is 20.3 Å². The number of amides is 2. The summed E-state index contributed by atoms with van der Waals surface area (Å²) in [7, 11) is 0. The van der Waals surface area contributed by atoms with Crippen molar-refractivity contribution < 1.29 is 14.3 Å². The molecule has 2 unspecified atom stereocenters. The molecule has 2 heterocycles. The van der Waals surface area contributed by atoms with E-state index in [2.05, 4.69) is 10.6 Å². The topological polar surface area (TPSA) is 70.7 Å². The summed E-state index contributed by atoms with van der Waals surface area (Å²) < 4.78 is 5.71. The second-order valence-electron chi connectivity index (χ2n) is 8.73. The number of hydrogen-bond donors (Lipinski definition) is 2. The first-order valence-electron chi connectivity index (χ1n) is 10.5. The second-order valence-corrected chi connectivity index (χ2v) is 8.73. The van der Waals surface area contributed by atoms with Crippen LogP contribution in [0.1, 0.15) is 49.9 Å². The van der Waals surface area contributed by atoms with E-state index in [1.54, 1.807) is 0 Å². The number of rotatable bonds is 3. The molecule has 1 aromatic rings. The van der Waals surface area contributed by atoms with Crippen LogP contribution < -0.4 is 10.6 Å². The van der Waals surface area contributed by atoms with E-state index in [0.29, 0.717) is 24.6 Å². The fourth-order valence-corrected chi connectivity index (χ4v) is 5.17. The maximum atomic E-state index is 13.1. The summed E-state index contributed by atoms with van der Waals surface area (Å²) >= 11 is 0. The Kier molecular flexibility index (Phi) is 6.87. The number of carbonyl (C=O) groups excluding carboxylic acids is 2. The predicted molar refractivity (Wildman–Crippen MR) is 115 cm³/mol. The number of benzene rings is 1. The zero-order valence-electron chi connectivity index (χ0n) is 17.3. The lowest BCUT2D eigenvalue weighted by Gasteiger charge is -2.37. The number of morpholine rings is 1. The predicted octanol–water partition coefficient (Wildman–Crippen LogP) is 3.08. The van der Waals surface area contributed by atoms with Gasteiger partial charge in [-0.2, -0.15) is 0 Å². The van der Waals surface area contributed by atoms with Gasteiger partial charge in [0.1, 0.15) is 0 Å². The quantitative estimate of drug-likeness (QED) is 0.786. The van der Waals surface area contributed by atoms with Gasteiger partial charge in [0, 0.05) is 30.9 Å². The normalized spacial score (nSPS) is 31.5. The molecule has 0 radical (unpaired) electrons. The molecule has 2 N–H and O–H groups in total. The van der Waals surface area contributed by atoms with Gasteiger partial charge in [-0.3, -0.25) is 9.59 Å². The molecule has 29 heavy (non-hydrogen) atoms. The van der Waals surface area contributed by atoms with Crippen molar-refractivity contribution in [3.63, 3.8) is 0 Å². The van der Waals surface area contributed by atoms with Crippen molar-refractivity contribution in [2.24, 2.45) is 11.3 Å². The highest BCUT2D eigenvalue weighted by Crippen LogP contribution is 2.44. The number of anilines is 1. The van der Waals surface area contributed by atoms with Crippen LogP contribution in [0.15, 0.2) is 24.3 Å².